The van der Waals surface area contributed by atoms with E-state index in [0.717, 1.165) is 57.8 Å². The number of nitrogen functional groups attached to an aromatic ring is 1. The van der Waals surface area contributed by atoms with Crippen LogP contribution in [0.15, 0.2) is 28.9 Å². The highest BCUT2D eigenvalue weighted by Gasteiger charge is 2.29. The van der Waals surface area contributed by atoms with Crippen molar-refractivity contribution >= 4 is 45.9 Å². The number of amides is 1. The minimum Gasteiger partial charge on any atom is -0.431 e. The molecule has 2 saturated heterocycles. The molecule has 4 rings (SSSR count). The van der Waals surface area contributed by atoms with E-state index in [2.05, 4.69) is 31.5 Å². The number of nitrogens with zero attached hydrogens (tertiary/aromatic N) is 4. The Morgan fingerprint density at radius 3 is 2.58 bits per heavy atom. The summed E-state index contributed by atoms with van der Waals surface area (Å²) in [6.07, 6.45) is 3.17. The largest absolute Gasteiger partial charge is 0.431 e. The highest BCUT2D eigenvalue weighted by molar-refractivity contribution is 7.83. The van der Waals surface area contributed by atoms with Gasteiger partial charge in [-0.3, -0.25) is 4.79 Å². The third-order valence-corrected chi connectivity index (χ3v) is 8.01. The van der Waals surface area contributed by atoms with Crippen LogP contribution in [-0.2, 0) is 11.0 Å². The minimum atomic E-state index is -0.938. The number of piperazine rings is 1. The summed E-state index contributed by atoms with van der Waals surface area (Å²) in [5.74, 6) is -0.446. The van der Waals surface area contributed by atoms with E-state index in [0.29, 0.717) is 10.7 Å². The lowest BCUT2D eigenvalue weighted by atomic mass is 10.1. The van der Waals surface area contributed by atoms with Gasteiger partial charge in [-0.2, -0.15) is 4.98 Å². The van der Waals surface area contributed by atoms with Crippen LogP contribution in [0.5, 0.6) is 0 Å². The van der Waals surface area contributed by atoms with Crippen LogP contribution in [0.4, 0.5) is 17.4 Å². The van der Waals surface area contributed by atoms with E-state index in [1.165, 1.54) is 6.26 Å². The molecule has 0 aliphatic carbocycles. The molecule has 2 aliphatic heterocycles. The second kappa shape index (κ2) is 9.56. The number of aromatic nitrogens is 1. The van der Waals surface area contributed by atoms with E-state index in [1.54, 1.807) is 6.07 Å². The van der Waals surface area contributed by atoms with Crippen molar-refractivity contribution in [3.63, 3.8) is 0 Å². The lowest BCUT2D eigenvalue weighted by Crippen LogP contribution is -2.50. The van der Waals surface area contributed by atoms with Crippen molar-refractivity contribution in [2.24, 2.45) is 0 Å². The van der Waals surface area contributed by atoms with Gasteiger partial charge in [-0.05, 0) is 51.2 Å². The first kappa shape index (κ1) is 22.1. The molecule has 2 fully saturated rings. The van der Waals surface area contributed by atoms with Gasteiger partial charge in [0, 0.05) is 31.9 Å². The van der Waals surface area contributed by atoms with Gasteiger partial charge in [0.1, 0.15) is 6.26 Å². The fourth-order valence-corrected chi connectivity index (χ4v) is 5.63. The van der Waals surface area contributed by atoms with Gasteiger partial charge in [0.05, 0.1) is 26.9 Å². The Morgan fingerprint density at radius 1 is 1.23 bits per heavy atom. The monoisotopic (exact) mass is 466 g/mol. The summed E-state index contributed by atoms with van der Waals surface area (Å²) in [5, 5.41) is 3.44. The molecule has 0 saturated carbocycles. The van der Waals surface area contributed by atoms with Gasteiger partial charge in [0.25, 0.3) is 11.9 Å². The summed E-state index contributed by atoms with van der Waals surface area (Å²) in [6, 6.07) is 5.45. The third kappa shape index (κ3) is 5.20. The van der Waals surface area contributed by atoms with E-state index in [1.807, 2.05) is 12.1 Å². The lowest BCUT2D eigenvalue weighted by Gasteiger charge is -2.38. The van der Waals surface area contributed by atoms with Gasteiger partial charge < -0.3 is 25.3 Å². The molecule has 9 nitrogen and oxygen atoms in total. The number of piperidine rings is 1. The zero-order valence-electron chi connectivity index (χ0n) is 17.4. The third-order valence-electron chi connectivity index (χ3n) is 5.76. The predicted octanol–water partition coefficient (Wildman–Crippen LogP) is 2.04. The number of hydrogen-bond acceptors (Lipinski definition) is 7. The van der Waals surface area contributed by atoms with Gasteiger partial charge >= 0.3 is 0 Å². The molecule has 1 atom stereocenters. The molecule has 0 radical (unpaired) electrons. The summed E-state index contributed by atoms with van der Waals surface area (Å²) >= 11 is 6.28. The van der Waals surface area contributed by atoms with E-state index in [-0.39, 0.29) is 17.0 Å². The number of carbonyl (C=O) groups is 1. The topological polar surface area (TPSA) is 108 Å². The molecule has 1 amide bonds. The Morgan fingerprint density at radius 2 is 1.94 bits per heavy atom. The number of hydrogen-bond donors (Lipinski definition) is 2. The fraction of sp³-hybridized carbons (Fsp3) is 0.500. The quantitative estimate of drug-likeness (QED) is 0.694. The van der Waals surface area contributed by atoms with Crippen molar-refractivity contribution < 1.29 is 13.4 Å². The van der Waals surface area contributed by atoms with Crippen LogP contribution in [0.2, 0.25) is 5.02 Å². The minimum absolute atomic E-state index is 0.0690. The Balaban J connectivity index is 1.37. The summed E-state index contributed by atoms with van der Waals surface area (Å²) in [7, 11) is 1.17. The van der Waals surface area contributed by atoms with Crippen molar-refractivity contribution in [1.29, 1.82) is 0 Å². The molecule has 1 aromatic heterocycles. The Bertz CT molecular complexity index is 954. The number of halogens is 1. The van der Waals surface area contributed by atoms with Gasteiger partial charge in [-0.15, -0.1) is 0 Å². The number of nitrogens with two attached hydrogens (primary N) is 1. The molecule has 168 valence electrons. The normalized spacial score (nSPS) is 20.0. The molecular weight excluding hydrogens is 440 g/mol. The smallest absolute Gasteiger partial charge is 0.292 e. The van der Waals surface area contributed by atoms with Gasteiger partial charge in [0.15, 0.2) is 5.69 Å². The predicted molar refractivity (Wildman–Crippen MR) is 123 cm³/mol. The number of oxazole rings is 1. The summed E-state index contributed by atoms with van der Waals surface area (Å²) in [5.41, 5.74) is 6.95. The first-order chi connectivity index (χ1) is 14.9. The maximum atomic E-state index is 13.0. The maximum Gasteiger partial charge on any atom is 0.292 e. The molecule has 11 heteroatoms. The second-order valence-electron chi connectivity index (χ2n) is 7.88. The molecule has 1 unspecified atom stereocenters. The van der Waals surface area contributed by atoms with Gasteiger partial charge in [-0.1, -0.05) is 11.6 Å². The number of nitrogens with one attached hydrogen (secondary N) is 1. The van der Waals surface area contributed by atoms with Crippen LogP contribution in [0.25, 0.3) is 0 Å². The number of carbonyl (C=O) groups excluding carboxylic acids is 1. The molecule has 2 aliphatic rings. The van der Waals surface area contributed by atoms with E-state index >= 15 is 0 Å². The van der Waals surface area contributed by atoms with Crippen LogP contribution in [0.3, 0.4) is 0 Å². The first-order valence-electron chi connectivity index (χ1n) is 10.3. The molecule has 3 heterocycles. The molecule has 31 heavy (non-hydrogen) atoms. The standard InChI is InChI=1S/C20H27ClN6O3S/c1-25-6-4-15(5-7-25)31(29)27-10-8-26(9-11-27)14-2-3-16(21)17(12-14)23-19(28)18-13-30-20(22)24-18/h2-3,12-13,15H,4-11H2,1H3,(H2,22,24)(H,23,28). The summed E-state index contributed by atoms with van der Waals surface area (Å²) < 4.78 is 20.0. The SMILES string of the molecule is CN1CCC(S(=O)N2CCN(c3ccc(Cl)c(NC(=O)c4coc(N)n4)c3)CC2)CC1. The van der Waals surface area contributed by atoms with Crippen molar-refractivity contribution in [3.05, 3.63) is 35.2 Å². The van der Waals surface area contributed by atoms with E-state index in [9.17, 15) is 9.00 Å². The fourth-order valence-electron chi connectivity index (χ4n) is 3.91. The molecule has 3 N–H and O–H groups in total. The average molecular weight is 467 g/mol. The van der Waals surface area contributed by atoms with Crippen LogP contribution in [-0.4, -0.2) is 75.9 Å². The van der Waals surface area contributed by atoms with Gasteiger partial charge in [0.2, 0.25) is 0 Å². The number of benzene rings is 1. The number of anilines is 3. The molecule has 0 bridgehead atoms. The van der Waals surface area contributed by atoms with Crippen LogP contribution in [0.1, 0.15) is 23.3 Å². The highest BCUT2D eigenvalue weighted by atomic mass is 35.5. The van der Waals surface area contributed by atoms with Crippen molar-refractivity contribution in [1.82, 2.24) is 14.2 Å². The van der Waals surface area contributed by atoms with Crippen molar-refractivity contribution in [2.45, 2.75) is 18.1 Å². The van der Waals surface area contributed by atoms with Crippen LogP contribution in [0, 0.1) is 0 Å². The van der Waals surface area contributed by atoms with Crippen LogP contribution < -0.4 is 16.0 Å². The second-order valence-corrected chi connectivity index (χ2v) is 10.0. The van der Waals surface area contributed by atoms with Crippen molar-refractivity contribution in [2.75, 3.05) is 62.3 Å². The summed E-state index contributed by atoms with van der Waals surface area (Å²) in [6.45, 7) is 5.01. The molecular formula is C20H27ClN6O3S. The Labute approximate surface area is 189 Å². The lowest BCUT2D eigenvalue weighted by molar-refractivity contribution is 0.102. The Kier molecular flexibility index (Phi) is 6.80. The van der Waals surface area contributed by atoms with Crippen molar-refractivity contribution in [3.8, 4) is 0 Å². The molecule has 1 aromatic carbocycles. The molecule has 2 aromatic rings. The zero-order chi connectivity index (χ0) is 22.0. The maximum absolute atomic E-state index is 13.0. The van der Waals surface area contributed by atoms with E-state index in [4.69, 9.17) is 21.8 Å². The van der Waals surface area contributed by atoms with Gasteiger partial charge in [-0.25, -0.2) is 8.51 Å². The van der Waals surface area contributed by atoms with E-state index < -0.39 is 16.9 Å². The van der Waals surface area contributed by atoms with Crippen LogP contribution >= 0.6 is 11.6 Å². The Hall–Kier alpha value is -2.14. The number of rotatable bonds is 5. The molecule has 0 spiro atoms. The highest BCUT2D eigenvalue weighted by Crippen LogP contribution is 2.29. The number of likely N-dealkylation sites (tertiary alicyclic amines) is 1. The first-order valence-corrected chi connectivity index (χ1v) is 11.9. The zero-order valence-corrected chi connectivity index (χ0v) is 19.0. The average Bonchev–Trinajstić information content (AvgIpc) is 3.22. The summed E-state index contributed by atoms with van der Waals surface area (Å²) in [4.78, 5) is 20.7.